The Bertz CT molecular complexity index is 172. The fourth-order valence-corrected chi connectivity index (χ4v) is 3.75. The molecule has 0 radical (unpaired) electrons. The average molecular weight is 186 g/mol. The number of rotatable bonds is 1. The Morgan fingerprint density at radius 1 is 1.42 bits per heavy atom. The highest BCUT2D eigenvalue weighted by molar-refractivity contribution is 8.00. The lowest BCUT2D eigenvalue weighted by Crippen LogP contribution is -2.34. The molecular formula is C9H18N2S. The summed E-state index contributed by atoms with van der Waals surface area (Å²) in [7, 11) is 0. The molecule has 2 aliphatic heterocycles. The van der Waals surface area contributed by atoms with Crippen molar-refractivity contribution in [3.05, 3.63) is 0 Å². The zero-order valence-electron chi connectivity index (χ0n) is 7.86. The Morgan fingerprint density at radius 2 is 2.17 bits per heavy atom. The molecule has 3 atom stereocenters. The summed E-state index contributed by atoms with van der Waals surface area (Å²) in [5, 5.41) is 0.836. The molecule has 0 aromatic carbocycles. The number of likely N-dealkylation sites (tertiary alicyclic amines) is 1. The molecule has 0 aliphatic carbocycles. The van der Waals surface area contributed by atoms with Crippen LogP contribution < -0.4 is 5.73 Å². The van der Waals surface area contributed by atoms with Crippen molar-refractivity contribution >= 4 is 11.8 Å². The van der Waals surface area contributed by atoms with E-state index in [0.717, 1.165) is 11.2 Å². The van der Waals surface area contributed by atoms with Crippen molar-refractivity contribution < 1.29 is 0 Å². The minimum absolute atomic E-state index is 0.462. The van der Waals surface area contributed by atoms with Crippen LogP contribution in [0.25, 0.3) is 0 Å². The summed E-state index contributed by atoms with van der Waals surface area (Å²) >= 11 is 2.08. The maximum atomic E-state index is 6.03. The normalized spacial score (nSPS) is 42.5. The van der Waals surface area contributed by atoms with Gasteiger partial charge in [0.1, 0.15) is 0 Å². The highest BCUT2D eigenvalue weighted by Crippen LogP contribution is 2.37. The van der Waals surface area contributed by atoms with Gasteiger partial charge in [0.05, 0.1) is 0 Å². The Labute approximate surface area is 78.9 Å². The molecule has 0 amide bonds. The number of hydrogen-bond acceptors (Lipinski definition) is 3. The Morgan fingerprint density at radius 3 is 2.75 bits per heavy atom. The Balaban J connectivity index is 1.98. The summed E-state index contributed by atoms with van der Waals surface area (Å²) in [5.41, 5.74) is 6.03. The third-order valence-electron chi connectivity index (χ3n) is 3.12. The summed E-state index contributed by atoms with van der Waals surface area (Å²) in [6, 6.07) is 1.16. The van der Waals surface area contributed by atoms with E-state index < -0.39 is 0 Å². The molecular weight excluding hydrogens is 168 g/mol. The van der Waals surface area contributed by atoms with Crippen molar-refractivity contribution in [1.82, 2.24) is 4.90 Å². The minimum Gasteiger partial charge on any atom is -0.327 e. The van der Waals surface area contributed by atoms with E-state index in [9.17, 15) is 0 Å². The van der Waals surface area contributed by atoms with Crippen LogP contribution in [0.5, 0.6) is 0 Å². The maximum absolute atomic E-state index is 6.03. The lowest BCUT2D eigenvalue weighted by molar-refractivity contribution is 0.260. The molecule has 0 aromatic rings. The van der Waals surface area contributed by atoms with Gasteiger partial charge in [-0.1, -0.05) is 0 Å². The fourth-order valence-electron chi connectivity index (χ4n) is 2.20. The van der Waals surface area contributed by atoms with E-state index in [1.54, 1.807) is 0 Å². The van der Waals surface area contributed by atoms with E-state index >= 15 is 0 Å². The summed E-state index contributed by atoms with van der Waals surface area (Å²) in [6.45, 7) is 7.05. The molecule has 3 heteroatoms. The van der Waals surface area contributed by atoms with E-state index in [2.05, 4.69) is 30.5 Å². The monoisotopic (exact) mass is 186 g/mol. The lowest BCUT2D eigenvalue weighted by Gasteiger charge is -2.21. The summed E-state index contributed by atoms with van der Waals surface area (Å²) in [4.78, 5) is 2.56. The van der Waals surface area contributed by atoms with E-state index in [0.29, 0.717) is 12.1 Å². The molecule has 2 nitrogen and oxygen atoms in total. The van der Waals surface area contributed by atoms with Crippen molar-refractivity contribution in [2.75, 3.05) is 18.8 Å². The number of hydrogen-bond donors (Lipinski definition) is 1. The minimum atomic E-state index is 0.462. The zero-order chi connectivity index (χ0) is 8.72. The first kappa shape index (κ1) is 8.85. The first-order valence-corrected chi connectivity index (χ1v) is 5.84. The molecule has 2 heterocycles. The average Bonchev–Trinajstić information content (AvgIpc) is 2.53. The second-order valence-corrected chi connectivity index (χ2v) is 5.52. The van der Waals surface area contributed by atoms with Crippen LogP contribution in [0.15, 0.2) is 0 Å². The predicted molar refractivity (Wildman–Crippen MR) is 54.4 cm³/mol. The maximum Gasteiger partial charge on any atom is 0.0231 e. The second-order valence-electron chi connectivity index (χ2n) is 4.25. The summed E-state index contributed by atoms with van der Waals surface area (Å²) in [5.74, 6) is 1.96. The van der Waals surface area contributed by atoms with Crippen molar-refractivity contribution in [2.45, 2.75) is 31.2 Å². The molecule has 2 rings (SSSR count). The Kier molecular flexibility index (Phi) is 2.36. The van der Waals surface area contributed by atoms with E-state index in [1.807, 2.05) is 0 Å². The largest absolute Gasteiger partial charge is 0.327 e. The van der Waals surface area contributed by atoms with Crippen molar-refractivity contribution in [3.8, 4) is 0 Å². The first-order chi connectivity index (χ1) is 5.68. The standard InChI is InChI=1S/C9H18N2S/c1-6(2)11-3-7-8(10)5-12-9(7)4-11/h6-9H,3-5,10H2,1-2H3. The molecule has 12 heavy (non-hydrogen) atoms. The highest BCUT2D eigenvalue weighted by Gasteiger charge is 2.41. The first-order valence-electron chi connectivity index (χ1n) is 4.79. The van der Waals surface area contributed by atoms with Gasteiger partial charge >= 0.3 is 0 Å². The van der Waals surface area contributed by atoms with Crippen molar-refractivity contribution in [3.63, 3.8) is 0 Å². The fraction of sp³-hybridized carbons (Fsp3) is 1.00. The van der Waals surface area contributed by atoms with Crippen LogP contribution in [0.2, 0.25) is 0 Å². The van der Waals surface area contributed by atoms with Gasteiger partial charge in [-0.25, -0.2) is 0 Å². The summed E-state index contributed by atoms with van der Waals surface area (Å²) in [6.07, 6.45) is 0. The molecule has 2 N–H and O–H groups in total. The van der Waals surface area contributed by atoms with Gasteiger partial charge in [0.15, 0.2) is 0 Å². The molecule has 3 unspecified atom stereocenters. The molecule has 2 fully saturated rings. The van der Waals surface area contributed by atoms with E-state index in [-0.39, 0.29) is 0 Å². The molecule has 0 saturated carbocycles. The highest BCUT2D eigenvalue weighted by atomic mass is 32.2. The van der Waals surface area contributed by atoms with Crippen LogP contribution in [0.1, 0.15) is 13.8 Å². The van der Waals surface area contributed by atoms with Crippen LogP contribution in [0, 0.1) is 5.92 Å². The van der Waals surface area contributed by atoms with Gasteiger partial charge in [-0.05, 0) is 13.8 Å². The van der Waals surface area contributed by atoms with Gasteiger partial charge in [-0.2, -0.15) is 11.8 Å². The molecule has 70 valence electrons. The molecule has 0 bridgehead atoms. The zero-order valence-corrected chi connectivity index (χ0v) is 8.68. The van der Waals surface area contributed by atoms with Crippen LogP contribution in [0.3, 0.4) is 0 Å². The van der Waals surface area contributed by atoms with Crippen LogP contribution >= 0.6 is 11.8 Å². The predicted octanol–water partition coefficient (Wildman–Crippen LogP) is 0.769. The molecule has 2 saturated heterocycles. The summed E-state index contributed by atoms with van der Waals surface area (Å²) < 4.78 is 0. The smallest absolute Gasteiger partial charge is 0.0231 e. The van der Waals surface area contributed by atoms with Gasteiger partial charge in [-0.15, -0.1) is 0 Å². The molecule has 0 aromatic heterocycles. The van der Waals surface area contributed by atoms with Crippen molar-refractivity contribution in [2.24, 2.45) is 11.7 Å². The van der Waals surface area contributed by atoms with E-state index in [1.165, 1.54) is 18.8 Å². The quantitative estimate of drug-likeness (QED) is 0.656. The number of nitrogens with two attached hydrogens (primary N) is 1. The second kappa shape index (κ2) is 3.20. The van der Waals surface area contributed by atoms with Gasteiger partial charge in [0.25, 0.3) is 0 Å². The number of nitrogens with zero attached hydrogens (tertiary/aromatic N) is 1. The third-order valence-corrected chi connectivity index (χ3v) is 4.62. The number of fused-ring (bicyclic) bond motifs is 1. The Hall–Kier alpha value is 0.270. The topological polar surface area (TPSA) is 29.3 Å². The van der Waals surface area contributed by atoms with Crippen LogP contribution in [-0.2, 0) is 0 Å². The molecule has 2 aliphatic rings. The lowest BCUT2D eigenvalue weighted by atomic mass is 10.0. The van der Waals surface area contributed by atoms with Gasteiger partial charge in [0, 0.05) is 42.1 Å². The SMILES string of the molecule is CC(C)N1CC2SCC(N)C2C1. The van der Waals surface area contributed by atoms with Gasteiger partial charge < -0.3 is 5.73 Å². The van der Waals surface area contributed by atoms with Gasteiger partial charge in [0.2, 0.25) is 0 Å². The van der Waals surface area contributed by atoms with Gasteiger partial charge in [-0.3, -0.25) is 4.90 Å². The van der Waals surface area contributed by atoms with E-state index in [4.69, 9.17) is 5.73 Å². The van der Waals surface area contributed by atoms with Crippen molar-refractivity contribution in [1.29, 1.82) is 0 Å². The number of thioether (sulfide) groups is 1. The van der Waals surface area contributed by atoms with Crippen LogP contribution in [0.4, 0.5) is 0 Å². The third kappa shape index (κ3) is 1.38. The molecule has 0 spiro atoms. The van der Waals surface area contributed by atoms with Crippen LogP contribution in [-0.4, -0.2) is 41.1 Å².